The molecule has 9 heteroatoms. The number of aromatic nitrogens is 3. The third-order valence-corrected chi connectivity index (χ3v) is 5.51. The number of fused-ring (bicyclic) bond motifs is 1. The molecule has 2 heterocycles. The van der Waals surface area contributed by atoms with E-state index in [9.17, 15) is 14.4 Å². The molecule has 2 aromatic carbocycles. The molecule has 0 fully saturated rings. The first-order valence-corrected chi connectivity index (χ1v) is 10.3. The van der Waals surface area contributed by atoms with E-state index in [1.165, 1.54) is 32.4 Å². The Kier molecular flexibility index (Phi) is 6.09. The van der Waals surface area contributed by atoms with E-state index in [2.05, 4.69) is 10.4 Å². The Morgan fingerprint density at radius 2 is 1.59 bits per heavy atom. The van der Waals surface area contributed by atoms with Crippen LogP contribution in [0.25, 0.3) is 22.2 Å². The van der Waals surface area contributed by atoms with Crippen LogP contribution >= 0.6 is 0 Å². The van der Waals surface area contributed by atoms with Crippen LogP contribution in [-0.4, -0.2) is 46.8 Å². The summed E-state index contributed by atoms with van der Waals surface area (Å²) in [6, 6.07) is 13.2. The van der Waals surface area contributed by atoms with Crippen molar-refractivity contribution in [1.82, 2.24) is 14.8 Å². The van der Waals surface area contributed by atoms with Gasteiger partial charge in [0.05, 0.1) is 48.3 Å². The lowest BCUT2D eigenvalue weighted by Crippen LogP contribution is -2.15. The molecule has 0 saturated heterocycles. The summed E-state index contributed by atoms with van der Waals surface area (Å²) in [4.78, 5) is 42.3. The highest BCUT2D eigenvalue weighted by atomic mass is 16.5. The number of para-hydroxylation sites is 1. The topological polar surface area (TPSA) is 112 Å². The third-order valence-electron chi connectivity index (χ3n) is 5.51. The summed E-state index contributed by atoms with van der Waals surface area (Å²) in [5.41, 5.74) is 3.80. The molecule has 1 N–H and O–H groups in total. The molecule has 0 saturated carbocycles. The lowest BCUT2D eigenvalue weighted by Gasteiger charge is -2.12. The van der Waals surface area contributed by atoms with Crippen molar-refractivity contribution in [3.05, 3.63) is 77.1 Å². The standard InChI is InChI=1S/C25H22N4O5/c1-14-20(13-26-29(14)2)22-12-19(18-7-5-6-8-21(18)28-22)23(30)27-17-10-15(24(31)33-3)9-16(11-17)25(32)34-4/h5-13H,1-4H3,(H,27,30). The predicted molar refractivity (Wildman–Crippen MR) is 126 cm³/mol. The number of hydrogen-bond acceptors (Lipinski definition) is 7. The van der Waals surface area contributed by atoms with Crippen LogP contribution in [0.5, 0.6) is 0 Å². The number of amides is 1. The molecule has 4 rings (SSSR count). The molecule has 0 radical (unpaired) electrons. The van der Waals surface area contributed by atoms with Crippen LogP contribution in [0.2, 0.25) is 0 Å². The molecule has 0 unspecified atom stereocenters. The largest absolute Gasteiger partial charge is 0.465 e. The summed E-state index contributed by atoms with van der Waals surface area (Å²) in [6.45, 7) is 1.92. The Balaban J connectivity index is 1.80. The van der Waals surface area contributed by atoms with Gasteiger partial charge < -0.3 is 14.8 Å². The number of anilines is 1. The molecule has 0 aliphatic rings. The van der Waals surface area contributed by atoms with Crippen LogP contribution in [0.1, 0.15) is 36.8 Å². The molecule has 0 spiro atoms. The van der Waals surface area contributed by atoms with E-state index in [-0.39, 0.29) is 16.8 Å². The normalized spacial score (nSPS) is 10.7. The van der Waals surface area contributed by atoms with Gasteiger partial charge in [-0.2, -0.15) is 5.10 Å². The van der Waals surface area contributed by atoms with E-state index in [0.717, 1.165) is 11.3 Å². The molecule has 2 aromatic heterocycles. The number of carbonyl (C=O) groups excluding carboxylic acids is 3. The lowest BCUT2D eigenvalue weighted by atomic mass is 10.0. The van der Waals surface area contributed by atoms with Gasteiger partial charge in [0.1, 0.15) is 0 Å². The van der Waals surface area contributed by atoms with E-state index in [4.69, 9.17) is 14.5 Å². The van der Waals surface area contributed by atoms with Crippen LogP contribution in [0.4, 0.5) is 5.69 Å². The number of carbonyl (C=O) groups is 3. The molecule has 0 atom stereocenters. The van der Waals surface area contributed by atoms with Gasteiger partial charge in [0.15, 0.2) is 0 Å². The fourth-order valence-electron chi connectivity index (χ4n) is 3.62. The molecular weight excluding hydrogens is 436 g/mol. The van der Waals surface area contributed by atoms with E-state index in [1.807, 2.05) is 38.2 Å². The minimum Gasteiger partial charge on any atom is -0.465 e. The van der Waals surface area contributed by atoms with Gasteiger partial charge in [-0.05, 0) is 37.3 Å². The molecule has 0 bridgehead atoms. The molecule has 172 valence electrons. The molecule has 4 aromatic rings. The number of hydrogen-bond donors (Lipinski definition) is 1. The highest BCUT2D eigenvalue weighted by Gasteiger charge is 2.19. The van der Waals surface area contributed by atoms with E-state index in [0.29, 0.717) is 22.2 Å². The van der Waals surface area contributed by atoms with Crippen molar-refractivity contribution >= 4 is 34.4 Å². The quantitative estimate of drug-likeness (QED) is 0.453. The second-order valence-corrected chi connectivity index (χ2v) is 7.58. The monoisotopic (exact) mass is 458 g/mol. The number of ether oxygens (including phenoxy) is 2. The predicted octanol–water partition coefficient (Wildman–Crippen LogP) is 3.77. The van der Waals surface area contributed by atoms with Crippen LogP contribution in [0, 0.1) is 6.92 Å². The summed E-state index contributed by atoms with van der Waals surface area (Å²) in [6.07, 6.45) is 1.70. The maximum Gasteiger partial charge on any atom is 0.337 e. The number of nitrogens with one attached hydrogen (secondary N) is 1. The Morgan fingerprint density at radius 3 is 2.18 bits per heavy atom. The minimum atomic E-state index is -0.648. The first-order chi connectivity index (χ1) is 16.3. The average Bonchev–Trinajstić information content (AvgIpc) is 3.19. The van der Waals surface area contributed by atoms with Crippen molar-refractivity contribution < 1.29 is 23.9 Å². The SMILES string of the molecule is COC(=O)c1cc(NC(=O)c2cc(-c3cnn(C)c3C)nc3ccccc23)cc(C(=O)OC)c1. The van der Waals surface area contributed by atoms with Gasteiger partial charge >= 0.3 is 11.9 Å². The number of aryl methyl sites for hydroxylation is 1. The van der Waals surface area contributed by atoms with Gasteiger partial charge in [-0.3, -0.25) is 9.48 Å². The second kappa shape index (κ2) is 9.14. The van der Waals surface area contributed by atoms with Crippen molar-refractivity contribution in [2.75, 3.05) is 19.5 Å². The van der Waals surface area contributed by atoms with Crippen molar-refractivity contribution in [2.24, 2.45) is 7.05 Å². The summed E-state index contributed by atoms with van der Waals surface area (Å²) < 4.78 is 11.3. The van der Waals surface area contributed by atoms with Crippen molar-refractivity contribution in [1.29, 1.82) is 0 Å². The fourth-order valence-corrected chi connectivity index (χ4v) is 3.62. The Labute approximate surface area is 195 Å². The van der Waals surface area contributed by atoms with E-state index < -0.39 is 17.8 Å². The number of esters is 2. The highest BCUT2D eigenvalue weighted by Crippen LogP contribution is 2.28. The molecule has 1 amide bonds. The number of methoxy groups -OCH3 is 2. The smallest absolute Gasteiger partial charge is 0.337 e. The zero-order chi connectivity index (χ0) is 24.4. The molecule has 0 aliphatic carbocycles. The van der Waals surface area contributed by atoms with Crippen molar-refractivity contribution in [3.63, 3.8) is 0 Å². The number of rotatable bonds is 5. The Hall–Kier alpha value is -4.53. The fraction of sp³-hybridized carbons (Fsp3) is 0.160. The van der Waals surface area contributed by atoms with Gasteiger partial charge in [0, 0.05) is 29.4 Å². The molecular formula is C25H22N4O5. The summed E-state index contributed by atoms with van der Waals surface area (Å²) in [7, 11) is 4.30. The zero-order valence-corrected chi connectivity index (χ0v) is 19.1. The maximum absolute atomic E-state index is 13.4. The van der Waals surface area contributed by atoms with E-state index in [1.54, 1.807) is 16.9 Å². The first-order valence-electron chi connectivity index (χ1n) is 10.3. The highest BCUT2D eigenvalue weighted by molar-refractivity contribution is 6.13. The van der Waals surface area contributed by atoms with Crippen LogP contribution in [0.3, 0.4) is 0 Å². The molecule has 9 nitrogen and oxygen atoms in total. The Bertz CT molecular complexity index is 1410. The van der Waals surface area contributed by atoms with Crippen molar-refractivity contribution in [2.45, 2.75) is 6.92 Å². The summed E-state index contributed by atoms with van der Waals surface area (Å²) in [5, 5.41) is 7.71. The van der Waals surface area contributed by atoms with E-state index >= 15 is 0 Å². The summed E-state index contributed by atoms with van der Waals surface area (Å²) >= 11 is 0. The van der Waals surface area contributed by atoms with Gasteiger partial charge in [0.25, 0.3) is 5.91 Å². The number of pyridine rings is 1. The maximum atomic E-state index is 13.4. The molecule has 0 aliphatic heterocycles. The van der Waals surface area contributed by atoms with Crippen LogP contribution < -0.4 is 5.32 Å². The molecule has 34 heavy (non-hydrogen) atoms. The first kappa shape index (κ1) is 22.7. The zero-order valence-electron chi connectivity index (χ0n) is 19.1. The Morgan fingerprint density at radius 1 is 0.941 bits per heavy atom. The van der Waals surface area contributed by atoms with Crippen molar-refractivity contribution in [3.8, 4) is 11.3 Å². The van der Waals surface area contributed by atoms with Crippen LogP contribution in [-0.2, 0) is 16.5 Å². The van der Waals surface area contributed by atoms with Gasteiger partial charge in [-0.25, -0.2) is 14.6 Å². The number of benzene rings is 2. The van der Waals surface area contributed by atoms with Gasteiger partial charge in [0.2, 0.25) is 0 Å². The third kappa shape index (κ3) is 4.23. The number of nitrogens with zero attached hydrogens (tertiary/aromatic N) is 3. The lowest BCUT2D eigenvalue weighted by molar-refractivity contribution is 0.0599. The van der Waals surface area contributed by atoms with Gasteiger partial charge in [-0.1, -0.05) is 18.2 Å². The minimum absolute atomic E-state index is 0.104. The van der Waals surface area contributed by atoms with Crippen LogP contribution in [0.15, 0.2) is 54.7 Å². The average molecular weight is 458 g/mol. The van der Waals surface area contributed by atoms with Gasteiger partial charge in [-0.15, -0.1) is 0 Å². The second-order valence-electron chi connectivity index (χ2n) is 7.58. The summed E-state index contributed by atoms with van der Waals surface area (Å²) in [5.74, 6) is -1.73.